The highest BCUT2D eigenvalue weighted by atomic mass is 79.9. The molecular weight excluding hydrogens is 262 g/mol. The van der Waals surface area contributed by atoms with Crippen molar-refractivity contribution in [3.8, 4) is 0 Å². The fourth-order valence-corrected chi connectivity index (χ4v) is 2.62. The van der Waals surface area contributed by atoms with Crippen LogP contribution < -0.4 is 5.32 Å². The quantitative estimate of drug-likeness (QED) is 0.822. The van der Waals surface area contributed by atoms with E-state index in [2.05, 4.69) is 60.2 Å². The van der Waals surface area contributed by atoms with Crippen LogP contribution in [0.5, 0.6) is 0 Å². The van der Waals surface area contributed by atoms with E-state index in [1.807, 2.05) is 0 Å². The van der Waals surface area contributed by atoms with E-state index in [1.165, 1.54) is 28.6 Å². The van der Waals surface area contributed by atoms with E-state index in [-0.39, 0.29) is 0 Å². The number of anilines is 1. The second-order valence-electron chi connectivity index (χ2n) is 5.91. The summed E-state index contributed by atoms with van der Waals surface area (Å²) >= 11 is 3.56. The first kappa shape index (κ1) is 12.0. The fourth-order valence-electron chi connectivity index (χ4n) is 2.24. The molecular formula is C14H20BrN. The van der Waals surface area contributed by atoms with E-state index >= 15 is 0 Å². The zero-order chi connectivity index (χ0) is 11.8. The Balaban J connectivity index is 2.08. The number of nitrogens with one attached hydrogen (secondary N) is 1. The summed E-state index contributed by atoms with van der Waals surface area (Å²) in [6, 6.07) is 6.55. The van der Waals surface area contributed by atoms with E-state index in [0.29, 0.717) is 11.3 Å². The molecule has 1 aromatic rings. The first-order chi connectivity index (χ1) is 7.46. The molecule has 1 heterocycles. The first-order valence-electron chi connectivity index (χ1n) is 5.99. The van der Waals surface area contributed by atoms with E-state index < -0.39 is 0 Å². The van der Waals surface area contributed by atoms with Gasteiger partial charge < -0.3 is 5.32 Å². The molecule has 1 aliphatic rings. The number of benzene rings is 1. The summed E-state index contributed by atoms with van der Waals surface area (Å²) in [5.74, 6) is 0.687. The molecule has 0 spiro atoms. The molecule has 1 atom stereocenters. The van der Waals surface area contributed by atoms with E-state index in [0.717, 1.165) is 6.54 Å². The number of hydrogen-bond donors (Lipinski definition) is 1. The van der Waals surface area contributed by atoms with Crippen molar-refractivity contribution in [3.63, 3.8) is 0 Å². The molecule has 16 heavy (non-hydrogen) atoms. The van der Waals surface area contributed by atoms with Gasteiger partial charge in [-0.05, 0) is 42.0 Å². The third kappa shape index (κ3) is 2.79. The normalized spacial score (nSPS) is 19.4. The molecule has 1 nitrogen and oxygen atoms in total. The lowest BCUT2D eigenvalue weighted by molar-refractivity contribution is 0.352. The summed E-state index contributed by atoms with van der Waals surface area (Å²) < 4.78 is 1.19. The van der Waals surface area contributed by atoms with Crippen molar-refractivity contribution in [1.82, 2.24) is 0 Å². The van der Waals surface area contributed by atoms with Crippen LogP contribution in [0.15, 0.2) is 22.7 Å². The summed E-state index contributed by atoms with van der Waals surface area (Å²) in [4.78, 5) is 0. The Morgan fingerprint density at radius 2 is 2.12 bits per heavy atom. The molecule has 0 radical (unpaired) electrons. The SMILES string of the molecule is CC(C)(C)CCC1CNc2ccc(Br)cc21. The molecule has 1 aromatic carbocycles. The molecule has 1 unspecified atom stereocenters. The predicted molar refractivity (Wildman–Crippen MR) is 74.1 cm³/mol. The highest BCUT2D eigenvalue weighted by Gasteiger charge is 2.23. The Hall–Kier alpha value is -0.500. The number of hydrogen-bond acceptors (Lipinski definition) is 1. The van der Waals surface area contributed by atoms with Crippen LogP contribution in [0.25, 0.3) is 0 Å². The molecule has 88 valence electrons. The molecule has 1 N–H and O–H groups in total. The Kier molecular flexibility index (Phi) is 3.29. The van der Waals surface area contributed by atoms with Crippen LogP contribution >= 0.6 is 15.9 Å². The van der Waals surface area contributed by atoms with Gasteiger partial charge in [-0.25, -0.2) is 0 Å². The van der Waals surface area contributed by atoms with E-state index in [4.69, 9.17) is 0 Å². The van der Waals surface area contributed by atoms with Gasteiger partial charge in [-0.1, -0.05) is 36.7 Å². The molecule has 0 bridgehead atoms. The summed E-state index contributed by atoms with van der Waals surface area (Å²) in [6.07, 6.45) is 2.56. The van der Waals surface area contributed by atoms with E-state index in [9.17, 15) is 0 Å². The van der Waals surface area contributed by atoms with Gasteiger partial charge in [0, 0.05) is 22.6 Å². The molecule has 0 amide bonds. The monoisotopic (exact) mass is 281 g/mol. The molecule has 0 fully saturated rings. The zero-order valence-electron chi connectivity index (χ0n) is 10.3. The van der Waals surface area contributed by atoms with Crippen LogP contribution in [0.2, 0.25) is 0 Å². The second kappa shape index (κ2) is 4.40. The highest BCUT2D eigenvalue weighted by molar-refractivity contribution is 9.10. The van der Waals surface area contributed by atoms with Crippen molar-refractivity contribution in [2.24, 2.45) is 5.41 Å². The predicted octanol–water partition coefficient (Wildman–Crippen LogP) is 4.78. The highest BCUT2D eigenvalue weighted by Crippen LogP contribution is 2.38. The summed E-state index contributed by atoms with van der Waals surface area (Å²) in [7, 11) is 0. The standard InChI is InChI=1S/C14H20BrN/c1-14(2,3)7-6-10-9-16-13-5-4-11(15)8-12(10)13/h4-5,8,10,16H,6-7,9H2,1-3H3. The fraction of sp³-hybridized carbons (Fsp3) is 0.571. The van der Waals surface area contributed by atoms with Crippen molar-refractivity contribution < 1.29 is 0 Å². The maximum atomic E-state index is 3.56. The average molecular weight is 282 g/mol. The van der Waals surface area contributed by atoms with Gasteiger partial charge in [0.15, 0.2) is 0 Å². The Bertz CT molecular complexity index is 379. The van der Waals surface area contributed by atoms with Gasteiger partial charge >= 0.3 is 0 Å². The average Bonchev–Trinajstić information content (AvgIpc) is 2.56. The lowest BCUT2D eigenvalue weighted by Gasteiger charge is -2.20. The number of rotatable bonds is 2. The maximum absolute atomic E-state index is 3.56. The molecule has 0 saturated carbocycles. The Morgan fingerprint density at radius 3 is 2.81 bits per heavy atom. The van der Waals surface area contributed by atoms with Gasteiger partial charge in [-0.3, -0.25) is 0 Å². The lowest BCUT2D eigenvalue weighted by Crippen LogP contribution is -2.09. The minimum atomic E-state index is 0.439. The van der Waals surface area contributed by atoms with Crippen LogP contribution in [0.1, 0.15) is 45.1 Å². The van der Waals surface area contributed by atoms with Crippen molar-refractivity contribution in [2.75, 3.05) is 11.9 Å². The zero-order valence-corrected chi connectivity index (χ0v) is 11.9. The topological polar surface area (TPSA) is 12.0 Å². The summed E-state index contributed by atoms with van der Waals surface area (Å²) in [6.45, 7) is 8.05. The van der Waals surface area contributed by atoms with Crippen molar-refractivity contribution in [1.29, 1.82) is 0 Å². The van der Waals surface area contributed by atoms with E-state index in [1.54, 1.807) is 0 Å². The van der Waals surface area contributed by atoms with Crippen molar-refractivity contribution >= 4 is 21.6 Å². The van der Waals surface area contributed by atoms with Gasteiger partial charge in [0.05, 0.1) is 0 Å². The number of fused-ring (bicyclic) bond motifs is 1. The van der Waals surface area contributed by atoms with Gasteiger partial charge in [-0.15, -0.1) is 0 Å². The van der Waals surface area contributed by atoms with Crippen LogP contribution in [-0.4, -0.2) is 6.54 Å². The smallest absolute Gasteiger partial charge is 0.0377 e. The largest absolute Gasteiger partial charge is 0.384 e. The molecule has 2 heteroatoms. The molecule has 0 aromatic heterocycles. The lowest BCUT2D eigenvalue weighted by atomic mass is 9.85. The summed E-state index contributed by atoms with van der Waals surface area (Å²) in [5.41, 5.74) is 3.25. The summed E-state index contributed by atoms with van der Waals surface area (Å²) in [5, 5.41) is 3.49. The van der Waals surface area contributed by atoms with Gasteiger partial charge in [-0.2, -0.15) is 0 Å². The first-order valence-corrected chi connectivity index (χ1v) is 6.78. The maximum Gasteiger partial charge on any atom is 0.0377 e. The van der Waals surface area contributed by atoms with Crippen LogP contribution in [0.3, 0.4) is 0 Å². The van der Waals surface area contributed by atoms with Gasteiger partial charge in [0.2, 0.25) is 0 Å². The van der Waals surface area contributed by atoms with Crippen LogP contribution in [0.4, 0.5) is 5.69 Å². The minimum absolute atomic E-state index is 0.439. The third-order valence-corrected chi connectivity index (χ3v) is 3.73. The number of halogens is 1. The van der Waals surface area contributed by atoms with Crippen LogP contribution in [-0.2, 0) is 0 Å². The molecule has 2 rings (SSSR count). The molecule has 0 saturated heterocycles. The van der Waals surface area contributed by atoms with Crippen molar-refractivity contribution in [2.45, 2.75) is 39.5 Å². The second-order valence-corrected chi connectivity index (χ2v) is 6.82. The minimum Gasteiger partial charge on any atom is -0.384 e. The van der Waals surface area contributed by atoms with Gasteiger partial charge in [0.1, 0.15) is 0 Å². The Morgan fingerprint density at radius 1 is 1.38 bits per heavy atom. The third-order valence-electron chi connectivity index (χ3n) is 3.24. The van der Waals surface area contributed by atoms with Crippen LogP contribution in [0, 0.1) is 5.41 Å². The molecule has 0 aliphatic carbocycles. The van der Waals surface area contributed by atoms with Gasteiger partial charge in [0.25, 0.3) is 0 Å². The van der Waals surface area contributed by atoms with Crippen molar-refractivity contribution in [3.05, 3.63) is 28.2 Å². The molecule has 1 aliphatic heterocycles. The Labute approximate surface area is 107 Å².